The van der Waals surface area contributed by atoms with Crippen LogP contribution in [-0.4, -0.2) is 37.0 Å². The summed E-state index contributed by atoms with van der Waals surface area (Å²) in [6.07, 6.45) is 0. The van der Waals surface area contributed by atoms with Gasteiger partial charge in [0.15, 0.2) is 0 Å². The van der Waals surface area contributed by atoms with Gasteiger partial charge in [-0.15, -0.1) is 0 Å². The maximum Gasteiger partial charge on any atom is 0.244 e. The van der Waals surface area contributed by atoms with E-state index >= 15 is 0 Å². The second-order valence-corrected chi connectivity index (χ2v) is 6.01. The molecule has 1 saturated heterocycles. The van der Waals surface area contributed by atoms with Crippen molar-refractivity contribution in [3.05, 3.63) is 59.7 Å². The maximum atomic E-state index is 13.9. The summed E-state index contributed by atoms with van der Waals surface area (Å²) >= 11 is 0. The van der Waals surface area contributed by atoms with Crippen LogP contribution in [0.15, 0.2) is 42.5 Å². The van der Waals surface area contributed by atoms with Crippen LogP contribution >= 0.6 is 0 Å². The molecule has 1 aliphatic heterocycles. The summed E-state index contributed by atoms with van der Waals surface area (Å²) in [4.78, 5) is 16.3. The van der Waals surface area contributed by atoms with E-state index in [1.807, 2.05) is 18.2 Å². The molecule has 0 saturated carbocycles. The Labute approximate surface area is 145 Å². The SMILES string of the molecule is COc1ccccc1N1CCN(Cc2c(F)cccc2F)[C@H](C)C1=O. The van der Waals surface area contributed by atoms with Crippen molar-refractivity contribution in [3.63, 3.8) is 0 Å². The van der Waals surface area contributed by atoms with Crippen LogP contribution in [0, 0.1) is 11.6 Å². The van der Waals surface area contributed by atoms with Gasteiger partial charge >= 0.3 is 0 Å². The van der Waals surface area contributed by atoms with Gasteiger partial charge < -0.3 is 9.64 Å². The lowest BCUT2D eigenvalue weighted by Crippen LogP contribution is -2.55. The van der Waals surface area contributed by atoms with E-state index in [0.717, 1.165) is 0 Å². The lowest BCUT2D eigenvalue weighted by Gasteiger charge is -2.39. The van der Waals surface area contributed by atoms with E-state index in [1.165, 1.54) is 18.2 Å². The quantitative estimate of drug-likeness (QED) is 0.852. The molecule has 6 heteroatoms. The molecule has 0 aliphatic carbocycles. The Morgan fingerprint density at radius 1 is 1.08 bits per heavy atom. The first-order valence-corrected chi connectivity index (χ1v) is 8.14. The predicted molar refractivity (Wildman–Crippen MR) is 91.6 cm³/mol. The van der Waals surface area contributed by atoms with Gasteiger partial charge in [0.2, 0.25) is 5.91 Å². The number of hydrogen-bond donors (Lipinski definition) is 0. The molecule has 1 fully saturated rings. The van der Waals surface area contributed by atoms with E-state index in [9.17, 15) is 13.6 Å². The molecule has 1 amide bonds. The van der Waals surface area contributed by atoms with Crippen molar-refractivity contribution in [2.24, 2.45) is 0 Å². The van der Waals surface area contributed by atoms with E-state index in [1.54, 1.807) is 29.9 Å². The number of rotatable bonds is 4. The van der Waals surface area contributed by atoms with E-state index in [-0.39, 0.29) is 18.0 Å². The first-order chi connectivity index (χ1) is 12.0. The van der Waals surface area contributed by atoms with E-state index in [0.29, 0.717) is 24.5 Å². The largest absolute Gasteiger partial charge is 0.495 e. The van der Waals surface area contributed by atoms with Crippen molar-refractivity contribution in [2.75, 3.05) is 25.1 Å². The highest BCUT2D eigenvalue weighted by atomic mass is 19.1. The number of para-hydroxylation sites is 2. The predicted octanol–water partition coefficient (Wildman–Crippen LogP) is 3.21. The number of methoxy groups -OCH3 is 1. The summed E-state index contributed by atoms with van der Waals surface area (Å²) in [6.45, 7) is 2.76. The van der Waals surface area contributed by atoms with Crippen molar-refractivity contribution < 1.29 is 18.3 Å². The fourth-order valence-electron chi connectivity index (χ4n) is 3.11. The average molecular weight is 346 g/mol. The van der Waals surface area contributed by atoms with Crippen molar-refractivity contribution in [1.29, 1.82) is 0 Å². The molecule has 0 aromatic heterocycles. The summed E-state index contributed by atoms with van der Waals surface area (Å²) in [5, 5.41) is 0. The molecule has 0 unspecified atom stereocenters. The van der Waals surface area contributed by atoms with Crippen LogP contribution in [0.2, 0.25) is 0 Å². The Kier molecular flexibility index (Phi) is 4.99. The van der Waals surface area contributed by atoms with Gasteiger partial charge in [0, 0.05) is 25.2 Å². The van der Waals surface area contributed by atoms with Gasteiger partial charge in [-0.25, -0.2) is 8.78 Å². The minimum atomic E-state index is -0.591. The van der Waals surface area contributed by atoms with Gasteiger partial charge in [0.1, 0.15) is 17.4 Å². The molecular formula is C19H20F2N2O2. The van der Waals surface area contributed by atoms with Gasteiger partial charge in [-0.05, 0) is 31.2 Å². The number of ether oxygens (including phenoxy) is 1. The lowest BCUT2D eigenvalue weighted by molar-refractivity contribution is -0.125. The van der Waals surface area contributed by atoms with Crippen molar-refractivity contribution in [2.45, 2.75) is 19.5 Å². The monoisotopic (exact) mass is 346 g/mol. The minimum Gasteiger partial charge on any atom is -0.495 e. The van der Waals surface area contributed by atoms with Gasteiger partial charge in [-0.3, -0.25) is 9.69 Å². The zero-order valence-corrected chi connectivity index (χ0v) is 14.2. The molecule has 0 N–H and O–H groups in total. The molecule has 1 atom stereocenters. The molecule has 2 aromatic rings. The standard InChI is InChI=1S/C19H20F2N2O2/c1-13-19(24)23(17-8-3-4-9-18(17)25-2)11-10-22(13)12-14-15(20)6-5-7-16(14)21/h3-9,13H,10-12H2,1-2H3/t13-/m1/s1. The third-order valence-corrected chi connectivity index (χ3v) is 4.58. The number of halogens is 2. The summed E-state index contributed by atoms with van der Waals surface area (Å²) < 4.78 is 33.1. The van der Waals surface area contributed by atoms with Crippen LogP contribution in [-0.2, 0) is 11.3 Å². The van der Waals surface area contributed by atoms with Crippen LogP contribution in [0.25, 0.3) is 0 Å². The maximum absolute atomic E-state index is 13.9. The zero-order valence-electron chi connectivity index (χ0n) is 14.2. The van der Waals surface area contributed by atoms with Gasteiger partial charge in [-0.2, -0.15) is 0 Å². The number of carbonyl (C=O) groups excluding carboxylic acids is 1. The number of hydrogen-bond acceptors (Lipinski definition) is 3. The smallest absolute Gasteiger partial charge is 0.244 e. The Hall–Kier alpha value is -2.47. The Morgan fingerprint density at radius 3 is 2.44 bits per heavy atom. The molecule has 3 rings (SSSR count). The fourth-order valence-corrected chi connectivity index (χ4v) is 3.11. The van der Waals surface area contributed by atoms with Crippen LogP contribution in [0.1, 0.15) is 12.5 Å². The first kappa shape index (κ1) is 17.4. The topological polar surface area (TPSA) is 32.8 Å². The van der Waals surface area contributed by atoms with E-state index in [2.05, 4.69) is 0 Å². The zero-order chi connectivity index (χ0) is 18.0. The molecule has 0 bridgehead atoms. The third kappa shape index (κ3) is 3.35. The summed E-state index contributed by atoms with van der Waals surface area (Å²) in [5.74, 6) is -0.678. The number of nitrogens with zero attached hydrogens (tertiary/aromatic N) is 2. The van der Waals surface area contributed by atoms with Gasteiger partial charge in [-0.1, -0.05) is 18.2 Å². The Bertz CT molecular complexity index is 762. The summed E-state index contributed by atoms with van der Waals surface area (Å²) in [7, 11) is 1.56. The molecular weight excluding hydrogens is 326 g/mol. The van der Waals surface area contributed by atoms with E-state index in [4.69, 9.17) is 4.74 Å². The molecule has 2 aromatic carbocycles. The van der Waals surface area contributed by atoms with Crippen molar-refractivity contribution in [1.82, 2.24) is 4.90 Å². The minimum absolute atomic E-state index is 0.00658. The molecule has 0 radical (unpaired) electrons. The fraction of sp³-hybridized carbons (Fsp3) is 0.316. The first-order valence-electron chi connectivity index (χ1n) is 8.14. The van der Waals surface area contributed by atoms with Crippen molar-refractivity contribution >= 4 is 11.6 Å². The lowest BCUT2D eigenvalue weighted by atomic mass is 10.1. The highest BCUT2D eigenvalue weighted by Crippen LogP contribution is 2.30. The van der Waals surface area contributed by atoms with Crippen LogP contribution < -0.4 is 9.64 Å². The highest BCUT2D eigenvalue weighted by Gasteiger charge is 2.34. The molecule has 1 aliphatic rings. The molecule has 132 valence electrons. The normalized spacial score (nSPS) is 18.5. The number of benzene rings is 2. The highest BCUT2D eigenvalue weighted by molar-refractivity contribution is 5.98. The number of amides is 1. The Balaban J connectivity index is 1.80. The van der Waals surface area contributed by atoms with Crippen LogP contribution in [0.3, 0.4) is 0 Å². The van der Waals surface area contributed by atoms with Gasteiger partial charge in [0.05, 0.1) is 18.8 Å². The summed E-state index contributed by atoms with van der Waals surface area (Å²) in [6, 6.07) is 10.6. The third-order valence-electron chi connectivity index (χ3n) is 4.58. The second kappa shape index (κ2) is 7.19. The van der Waals surface area contributed by atoms with Crippen LogP contribution in [0.4, 0.5) is 14.5 Å². The van der Waals surface area contributed by atoms with Gasteiger partial charge in [0.25, 0.3) is 0 Å². The number of anilines is 1. The molecule has 4 nitrogen and oxygen atoms in total. The van der Waals surface area contributed by atoms with Crippen LogP contribution in [0.5, 0.6) is 5.75 Å². The molecule has 0 spiro atoms. The Morgan fingerprint density at radius 2 is 1.76 bits per heavy atom. The molecule has 25 heavy (non-hydrogen) atoms. The van der Waals surface area contributed by atoms with Crippen molar-refractivity contribution in [3.8, 4) is 5.75 Å². The second-order valence-electron chi connectivity index (χ2n) is 6.01. The number of carbonyl (C=O) groups is 1. The average Bonchev–Trinajstić information content (AvgIpc) is 2.62. The van der Waals surface area contributed by atoms with E-state index < -0.39 is 17.7 Å². The molecule has 1 heterocycles. The summed E-state index contributed by atoms with van der Waals surface area (Å²) in [5.41, 5.74) is 0.700. The number of piperazine rings is 1.